The molecule has 0 aromatic carbocycles. The Morgan fingerprint density at radius 3 is 2.83 bits per heavy atom. The molecule has 2 aromatic rings. The molecule has 3 heterocycles. The van der Waals surface area contributed by atoms with Crippen molar-refractivity contribution >= 4 is 45.6 Å². The lowest BCUT2D eigenvalue weighted by atomic mass is 10.1. The molecule has 0 saturated carbocycles. The van der Waals surface area contributed by atoms with Crippen LogP contribution in [-0.2, 0) is 6.18 Å². The normalized spacial score (nSPS) is 15.2. The maximum absolute atomic E-state index is 12.9. The molecule has 0 spiro atoms. The summed E-state index contributed by atoms with van der Waals surface area (Å²) in [5.74, 6) is 0.425. The number of pyridine rings is 1. The third-order valence-electron chi connectivity index (χ3n) is 3.29. The van der Waals surface area contributed by atoms with Crippen LogP contribution in [0.5, 0.6) is 0 Å². The van der Waals surface area contributed by atoms with E-state index in [4.69, 9.17) is 0 Å². The number of nitrogens with one attached hydrogen (secondary N) is 3. The summed E-state index contributed by atoms with van der Waals surface area (Å²) in [6.07, 6.45) is -2.19. The average Bonchev–Trinajstić information content (AvgIpc) is 2.96. The highest BCUT2D eigenvalue weighted by molar-refractivity contribution is 14.1. The first-order valence-corrected chi connectivity index (χ1v) is 7.38. The fraction of sp³-hybridized carbons (Fsp3) is 0.154. The van der Waals surface area contributed by atoms with Gasteiger partial charge in [0.1, 0.15) is 5.65 Å². The zero-order valence-corrected chi connectivity index (χ0v) is 13.5. The van der Waals surface area contributed by atoms with Crippen molar-refractivity contribution in [1.29, 1.82) is 5.26 Å². The Hall–Kier alpha value is -2.29. The maximum Gasteiger partial charge on any atom is 0.417 e. The van der Waals surface area contributed by atoms with Gasteiger partial charge in [0.2, 0.25) is 5.96 Å². The van der Waals surface area contributed by atoms with Crippen LogP contribution < -0.4 is 8.85 Å². The molecule has 0 atom stereocenters. The van der Waals surface area contributed by atoms with E-state index in [1.807, 2.05) is 28.9 Å². The van der Waals surface area contributed by atoms with Crippen LogP contribution in [0.15, 0.2) is 29.0 Å². The number of aromatic amines is 1. The van der Waals surface area contributed by atoms with E-state index >= 15 is 0 Å². The van der Waals surface area contributed by atoms with Crippen LogP contribution in [0.4, 0.5) is 13.2 Å². The van der Waals surface area contributed by atoms with Crippen molar-refractivity contribution in [2.24, 2.45) is 4.99 Å². The molecule has 3 N–H and O–H groups in total. The molecule has 0 fully saturated rings. The van der Waals surface area contributed by atoms with Crippen molar-refractivity contribution in [2.75, 3.05) is 6.54 Å². The van der Waals surface area contributed by atoms with Gasteiger partial charge in [-0.15, -0.1) is 0 Å². The summed E-state index contributed by atoms with van der Waals surface area (Å²) < 4.78 is 41.5. The van der Waals surface area contributed by atoms with Gasteiger partial charge in [-0.3, -0.25) is 3.53 Å². The second kappa shape index (κ2) is 5.73. The Balaban J connectivity index is 2.16. The van der Waals surface area contributed by atoms with Crippen molar-refractivity contribution in [2.45, 2.75) is 6.18 Å². The number of fused-ring (bicyclic) bond motifs is 1. The summed E-state index contributed by atoms with van der Waals surface area (Å²) in [5.41, 5.74) is 0.648. The van der Waals surface area contributed by atoms with Gasteiger partial charge in [0, 0.05) is 23.3 Å². The van der Waals surface area contributed by atoms with Gasteiger partial charge in [0.05, 0.1) is 52.3 Å². The highest BCUT2D eigenvalue weighted by Crippen LogP contribution is 2.33. The number of hydrogen-bond acceptors (Lipinski definition) is 5. The smallest absolute Gasteiger partial charge is 0.345 e. The number of halogens is 4. The maximum atomic E-state index is 12.9. The molecular formula is C13H8F3IN6. The number of guanidine groups is 1. The van der Waals surface area contributed by atoms with E-state index in [1.54, 1.807) is 0 Å². The first-order chi connectivity index (χ1) is 10.9. The van der Waals surface area contributed by atoms with E-state index in [0.717, 1.165) is 12.3 Å². The van der Waals surface area contributed by atoms with Gasteiger partial charge in [0.15, 0.2) is 0 Å². The Kier molecular flexibility index (Phi) is 3.88. The molecule has 0 unspecified atom stereocenters. The Morgan fingerprint density at radius 2 is 2.17 bits per heavy atom. The van der Waals surface area contributed by atoms with E-state index in [-0.39, 0.29) is 11.9 Å². The van der Waals surface area contributed by atoms with E-state index in [9.17, 15) is 18.4 Å². The molecule has 0 aliphatic carbocycles. The minimum absolute atomic E-state index is 0.142. The fourth-order valence-corrected chi connectivity index (χ4v) is 2.52. The summed E-state index contributed by atoms with van der Waals surface area (Å²) in [5, 5.41) is 12.4. The predicted molar refractivity (Wildman–Crippen MR) is 86.2 cm³/mol. The third kappa shape index (κ3) is 2.83. The van der Waals surface area contributed by atoms with Crippen molar-refractivity contribution < 1.29 is 13.2 Å². The predicted octanol–water partition coefficient (Wildman–Crippen LogP) is 2.72. The highest BCUT2D eigenvalue weighted by Gasteiger charge is 2.32. The molecular weight excluding hydrogens is 424 g/mol. The van der Waals surface area contributed by atoms with Crippen molar-refractivity contribution in [3.63, 3.8) is 0 Å². The van der Waals surface area contributed by atoms with Gasteiger partial charge in [-0.2, -0.15) is 18.4 Å². The number of aliphatic imine (C=N–C) groups is 1. The van der Waals surface area contributed by atoms with Gasteiger partial charge < -0.3 is 10.3 Å². The largest absolute Gasteiger partial charge is 0.417 e. The van der Waals surface area contributed by atoms with Crippen LogP contribution in [0, 0.1) is 11.3 Å². The van der Waals surface area contributed by atoms with Crippen molar-refractivity contribution in [1.82, 2.24) is 18.8 Å². The second-order valence-corrected chi connectivity index (χ2v) is 5.21. The zero-order chi connectivity index (χ0) is 16.6. The average molecular weight is 432 g/mol. The van der Waals surface area contributed by atoms with Crippen LogP contribution in [-0.4, -0.2) is 22.5 Å². The number of aromatic nitrogens is 2. The second-order valence-electron chi connectivity index (χ2n) is 4.67. The molecule has 0 radical (unpaired) electrons. The van der Waals surface area contributed by atoms with Gasteiger partial charge in [-0.05, 0) is 6.07 Å². The van der Waals surface area contributed by atoms with Crippen LogP contribution in [0.1, 0.15) is 11.1 Å². The number of alkyl halides is 3. The van der Waals surface area contributed by atoms with Gasteiger partial charge in [0.25, 0.3) is 0 Å². The Labute approximate surface area is 142 Å². The molecule has 10 heteroatoms. The minimum Gasteiger partial charge on any atom is -0.345 e. The van der Waals surface area contributed by atoms with E-state index < -0.39 is 11.7 Å². The van der Waals surface area contributed by atoms with Gasteiger partial charge in [-0.1, -0.05) is 0 Å². The summed E-state index contributed by atoms with van der Waals surface area (Å²) in [6.45, 7) is 0.142. The Morgan fingerprint density at radius 1 is 1.39 bits per heavy atom. The van der Waals surface area contributed by atoms with E-state index in [1.165, 1.54) is 6.20 Å². The molecule has 1 aliphatic heterocycles. The number of nitriles is 1. The van der Waals surface area contributed by atoms with Crippen LogP contribution in [0.25, 0.3) is 16.7 Å². The minimum atomic E-state index is -4.49. The SMILES string of the molecule is N#CC1=C(c2c[nH]c3ncc(C(F)(F)F)cc23)NC(NI)=NC1. The lowest BCUT2D eigenvalue weighted by molar-refractivity contribution is -0.137. The molecule has 23 heavy (non-hydrogen) atoms. The molecule has 0 saturated heterocycles. The quantitative estimate of drug-likeness (QED) is 0.478. The van der Waals surface area contributed by atoms with Crippen molar-refractivity contribution in [3.8, 4) is 6.07 Å². The Bertz CT molecular complexity index is 874. The topological polar surface area (TPSA) is 88.9 Å². The first-order valence-electron chi connectivity index (χ1n) is 6.30. The van der Waals surface area contributed by atoms with Gasteiger partial charge in [-0.25, -0.2) is 9.98 Å². The molecule has 118 valence electrons. The lowest BCUT2D eigenvalue weighted by Crippen LogP contribution is -2.34. The lowest BCUT2D eigenvalue weighted by Gasteiger charge is -2.18. The fourth-order valence-electron chi connectivity index (χ4n) is 2.21. The first kappa shape index (κ1) is 15.6. The number of H-pyrrole nitrogens is 1. The zero-order valence-electron chi connectivity index (χ0n) is 11.3. The molecule has 1 aliphatic rings. The van der Waals surface area contributed by atoms with Crippen LogP contribution >= 0.6 is 22.9 Å². The van der Waals surface area contributed by atoms with Crippen LogP contribution in [0.3, 0.4) is 0 Å². The summed E-state index contributed by atoms with van der Waals surface area (Å²) in [6, 6.07) is 3.03. The summed E-state index contributed by atoms with van der Waals surface area (Å²) in [7, 11) is 0. The number of hydrogen-bond donors (Lipinski definition) is 3. The summed E-state index contributed by atoms with van der Waals surface area (Å²) in [4.78, 5) is 10.7. The summed E-state index contributed by atoms with van der Waals surface area (Å²) >= 11 is 1.87. The molecule has 2 aromatic heterocycles. The van der Waals surface area contributed by atoms with Crippen molar-refractivity contribution in [3.05, 3.63) is 35.2 Å². The third-order valence-corrected chi connectivity index (χ3v) is 3.80. The van der Waals surface area contributed by atoms with E-state index in [2.05, 4.69) is 23.8 Å². The number of rotatable bonds is 1. The standard InChI is InChI=1S/C13H8F3IN6/c14-13(15,16)7-1-8-9(5-20-11(8)19-4-7)10-6(2-18)3-21-12(22-10)23-17/h1,4-5H,3H2,(H,19,20)(H2,21,22,23). The molecule has 0 bridgehead atoms. The van der Waals surface area contributed by atoms with Gasteiger partial charge >= 0.3 is 6.18 Å². The van der Waals surface area contributed by atoms with E-state index in [0.29, 0.717) is 28.4 Å². The molecule has 0 amide bonds. The number of nitrogens with zero attached hydrogens (tertiary/aromatic N) is 3. The monoisotopic (exact) mass is 432 g/mol. The molecule has 3 rings (SSSR count). The highest BCUT2D eigenvalue weighted by atomic mass is 127. The van der Waals surface area contributed by atoms with Crippen LogP contribution in [0.2, 0.25) is 0 Å². The molecule has 6 nitrogen and oxygen atoms in total.